The van der Waals surface area contributed by atoms with Crippen LogP contribution in [0.1, 0.15) is 6.92 Å². The highest BCUT2D eigenvalue weighted by Gasteiger charge is 2.40. The predicted molar refractivity (Wildman–Crippen MR) is 142 cm³/mol. The van der Waals surface area contributed by atoms with Gasteiger partial charge in [0.05, 0.1) is 17.5 Å². The van der Waals surface area contributed by atoms with Crippen LogP contribution in [0.4, 0.5) is 5.69 Å². The Morgan fingerprint density at radius 1 is 0.944 bits per heavy atom. The summed E-state index contributed by atoms with van der Waals surface area (Å²) in [5.74, 6) is -0.0768. The zero-order valence-corrected chi connectivity index (χ0v) is 20.7. The van der Waals surface area contributed by atoms with Crippen molar-refractivity contribution in [3.8, 4) is 22.6 Å². The van der Waals surface area contributed by atoms with Crippen LogP contribution < -0.4 is 5.01 Å². The van der Waals surface area contributed by atoms with Gasteiger partial charge in [0.15, 0.2) is 5.76 Å². The maximum atomic E-state index is 13.1. The normalized spacial score (nSPS) is 17.2. The predicted octanol–water partition coefficient (Wildman–Crippen LogP) is 5.35. The van der Waals surface area contributed by atoms with Gasteiger partial charge in [0.1, 0.15) is 11.4 Å². The number of benzene rings is 3. The van der Waals surface area contributed by atoms with Gasteiger partial charge in [-0.3, -0.25) is 9.59 Å². The van der Waals surface area contributed by atoms with Crippen LogP contribution in [0.5, 0.6) is 0 Å². The third kappa shape index (κ3) is 4.73. The van der Waals surface area contributed by atoms with Crippen LogP contribution in [0.15, 0.2) is 106 Å². The molecule has 1 saturated heterocycles. The number of carbonyl (C=O) groups excluding carboxylic acids is 2. The van der Waals surface area contributed by atoms with E-state index in [-0.39, 0.29) is 23.4 Å². The second-order valence-corrected chi connectivity index (χ2v) is 9.20. The molecule has 7 nitrogen and oxygen atoms in total. The molecule has 36 heavy (non-hydrogen) atoms. The lowest BCUT2D eigenvalue weighted by Crippen LogP contribution is -2.38. The van der Waals surface area contributed by atoms with Crippen molar-refractivity contribution in [1.82, 2.24) is 9.99 Å². The van der Waals surface area contributed by atoms with E-state index in [1.807, 2.05) is 97.9 Å². The molecule has 0 radical (unpaired) electrons. The Labute approximate surface area is 213 Å². The summed E-state index contributed by atoms with van der Waals surface area (Å²) < 4.78 is 6.08. The van der Waals surface area contributed by atoms with Crippen molar-refractivity contribution in [1.29, 1.82) is 0 Å². The molecule has 3 aromatic carbocycles. The molecule has 1 aliphatic rings. The van der Waals surface area contributed by atoms with Gasteiger partial charge in [0.25, 0.3) is 17.0 Å². The van der Waals surface area contributed by atoms with Crippen molar-refractivity contribution in [3.05, 3.63) is 91.0 Å². The van der Waals surface area contributed by atoms with Crippen molar-refractivity contribution < 1.29 is 14.0 Å². The number of rotatable bonds is 6. The number of para-hydroxylation sites is 1. The monoisotopic (exact) mass is 496 g/mol. The lowest BCUT2D eigenvalue weighted by Gasteiger charge is -2.25. The Kier molecular flexibility index (Phi) is 6.79. The van der Waals surface area contributed by atoms with E-state index >= 15 is 0 Å². The number of hydrogen-bond donors (Lipinski definition) is 0. The quantitative estimate of drug-likeness (QED) is 0.335. The van der Waals surface area contributed by atoms with Crippen molar-refractivity contribution in [3.63, 3.8) is 0 Å². The van der Waals surface area contributed by atoms with Gasteiger partial charge in [0.2, 0.25) is 0 Å². The number of aromatic nitrogens is 1. The van der Waals surface area contributed by atoms with Crippen molar-refractivity contribution in [2.24, 2.45) is 4.99 Å². The van der Waals surface area contributed by atoms with E-state index in [4.69, 9.17) is 4.42 Å². The summed E-state index contributed by atoms with van der Waals surface area (Å²) in [6.07, 6.45) is 0. The fourth-order valence-corrected chi connectivity index (χ4v) is 4.63. The summed E-state index contributed by atoms with van der Waals surface area (Å²) in [5.41, 5.74) is 3.48. The van der Waals surface area contributed by atoms with E-state index < -0.39 is 5.91 Å². The molecule has 2 heterocycles. The molecule has 0 saturated carbocycles. The summed E-state index contributed by atoms with van der Waals surface area (Å²) in [6.45, 7) is 1.85. The van der Waals surface area contributed by atoms with Gasteiger partial charge in [-0.2, -0.15) is 0 Å². The topological polar surface area (TPSA) is 79.0 Å². The molecular weight excluding hydrogens is 472 g/mol. The fourth-order valence-electron chi connectivity index (χ4n) is 4.02. The number of thioether (sulfide) groups is 1. The number of hydrazine groups is 1. The van der Waals surface area contributed by atoms with Gasteiger partial charge < -0.3 is 4.42 Å². The Morgan fingerprint density at radius 3 is 2.17 bits per heavy atom. The van der Waals surface area contributed by atoms with Crippen LogP contribution in [-0.2, 0) is 9.59 Å². The first-order valence-corrected chi connectivity index (χ1v) is 12.5. The first kappa shape index (κ1) is 23.7. The molecule has 0 N–H and O–H groups in total. The minimum atomic E-state index is -0.417. The molecule has 5 rings (SSSR count). The number of hydrogen-bond acceptors (Lipinski definition) is 6. The smallest absolute Gasteiger partial charge is 0.289 e. The third-order valence-corrected chi connectivity index (χ3v) is 6.75. The van der Waals surface area contributed by atoms with Crippen LogP contribution >= 0.6 is 11.8 Å². The molecule has 4 aromatic rings. The van der Waals surface area contributed by atoms with Gasteiger partial charge in [-0.1, -0.05) is 90.6 Å². The minimum absolute atomic E-state index is 0.00151. The molecule has 1 atom stereocenters. The fraction of sp³-hybridized carbons (Fsp3) is 0.143. The van der Waals surface area contributed by atoms with E-state index in [9.17, 15) is 9.59 Å². The SMILES string of the molecule is CC1C(=NC(=O)CSc2nc(-c3ccccc3)c(-c3ccccc3)o2)C(=O)N(c2ccccc2)N1C. The summed E-state index contributed by atoms with van der Waals surface area (Å²) in [4.78, 5) is 34.7. The second kappa shape index (κ2) is 10.3. The Hall–Kier alpha value is -4.01. The second-order valence-electron chi connectivity index (χ2n) is 8.27. The van der Waals surface area contributed by atoms with E-state index in [1.54, 1.807) is 12.1 Å². The molecule has 180 valence electrons. The molecule has 0 bridgehead atoms. The number of carbonyl (C=O) groups is 2. The van der Waals surface area contributed by atoms with Crippen molar-refractivity contribution in [2.45, 2.75) is 18.2 Å². The number of nitrogens with zero attached hydrogens (tertiary/aromatic N) is 4. The van der Waals surface area contributed by atoms with Gasteiger partial charge >= 0.3 is 0 Å². The number of oxazole rings is 1. The zero-order valence-electron chi connectivity index (χ0n) is 19.9. The average Bonchev–Trinajstić information content (AvgIpc) is 3.44. The maximum absolute atomic E-state index is 13.1. The maximum Gasteiger partial charge on any atom is 0.289 e. The Balaban J connectivity index is 1.35. The van der Waals surface area contributed by atoms with Crippen LogP contribution in [0.2, 0.25) is 0 Å². The van der Waals surface area contributed by atoms with Crippen LogP contribution in [0, 0.1) is 0 Å². The third-order valence-electron chi connectivity index (χ3n) is 5.94. The van der Waals surface area contributed by atoms with Crippen LogP contribution in [0.3, 0.4) is 0 Å². The van der Waals surface area contributed by atoms with Gasteiger partial charge in [-0.15, -0.1) is 0 Å². The summed E-state index contributed by atoms with van der Waals surface area (Å²) in [5, 5.41) is 3.69. The summed E-state index contributed by atoms with van der Waals surface area (Å²) in [7, 11) is 1.81. The van der Waals surface area contributed by atoms with Crippen molar-refractivity contribution >= 4 is 35.0 Å². The van der Waals surface area contributed by atoms with E-state index in [0.717, 1.165) is 28.6 Å². The van der Waals surface area contributed by atoms with Gasteiger partial charge in [-0.25, -0.2) is 20.0 Å². The molecule has 8 heteroatoms. The van der Waals surface area contributed by atoms with Crippen LogP contribution in [0.25, 0.3) is 22.6 Å². The molecule has 0 spiro atoms. The lowest BCUT2D eigenvalue weighted by molar-refractivity contribution is -0.116. The van der Waals surface area contributed by atoms with E-state index in [1.165, 1.54) is 5.01 Å². The minimum Gasteiger partial charge on any atom is -0.431 e. The summed E-state index contributed by atoms with van der Waals surface area (Å²) in [6, 6.07) is 28.5. The lowest BCUT2D eigenvalue weighted by atomic mass is 10.1. The largest absolute Gasteiger partial charge is 0.431 e. The van der Waals surface area contributed by atoms with Crippen molar-refractivity contribution in [2.75, 3.05) is 17.8 Å². The standard InChI is InChI=1S/C28H24N4O3S/c1-19-24(27(34)32(31(19)2)22-16-10-5-11-17-22)29-23(33)18-36-28-30-25(20-12-6-3-7-13-20)26(35-28)21-14-8-4-9-15-21/h3-17,19H,18H2,1-2H3. The Bertz CT molecular complexity index is 1350. The average molecular weight is 497 g/mol. The highest BCUT2D eigenvalue weighted by atomic mass is 32.2. The van der Waals surface area contributed by atoms with E-state index in [2.05, 4.69) is 9.98 Å². The van der Waals surface area contributed by atoms with Gasteiger partial charge in [-0.05, 0) is 19.1 Å². The molecule has 1 aromatic heterocycles. The molecule has 0 aliphatic carbocycles. The first-order chi connectivity index (χ1) is 17.5. The number of amides is 2. The number of aliphatic imine (C=N–C) groups is 1. The number of anilines is 1. The first-order valence-electron chi connectivity index (χ1n) is 11.5. The van der Waals surface area contributed by atoms with Crippen LogP contribution in [-0.4, -0.2) is 46.4 Å². The molecule has 1 fully saturated rings. The van der Waals surface area contributed by atoms with E-state index in [0.29, 0.717) is 16.7 Å². The van der Waals surface area contributed by atoms with Gasteiger partial charge in [0, 0.05) is 18.2 Å². The highest BCUT2D eigenvalue weighted by Crippen LogP contribution is 2.35. The molecule has 1 aliphatic heterocycles. The molecule has 2 amide bonds. The zero-order chi connectivity index (χ0) is 25.1. The Morgan fingerprint density at radius 2 is 1.53 bits per heavy atom. The summed E-state index contributed by atoms with van der Waals surface area (Å²) >= 11 is 1.16. The highest BCUT2D eigenvalue weighted by molar-refractivity contribution is 7.99. The molecular formula is C28H24N4O3S. The molecule has 1 unspecified atom stereocenters.